The van der Waals surface area contributed by atoms with Crippen LogP contribution in [0.2, 0.25) is 5.02 Å². The molecule has 1 aromatic rings. The number of hydrogen-bond acceptors (Lipinski definition) is 2. The third kappa shape index (κ3) is 2.62. The van der Waals surface area contributed by atoms with Crippen LogP contribution >= 0.6 is 11.6 Å². The maximum absolute atomic E-state index is 12.1. The van der Waals surface area contributed by atoms with Gasteiger partial charge in [0.25, 0.3) is 5.78 Å². The molecule has 0 aliphatic rings. The molecule has 0 aliphatic carbocycles. The monoisotopic (exact) mass is 238 g/mol. The topological polar surface area (TPSA) is 26.3 Å². The van der Waals surface area contributed by atoms with Gasteiger partial charge in [0.2, 0.25) is 0 Å². The maximum Gasteiger partial charge on any atom is 0.455 e. The summed E-state index contributed by atoms with van der Waals surface area (Å²) in [6.45, 7) is 0. The van der Waals surface area contributed by atoms with Crippen molar-refractivity contribution in [2.75, 3.05) is 7.11 Å². The zero-order valence-corrected chi connectivity index (χ0v) is 8.32. The zero-order chi connectivity index (χ0) is 11.6. The molecular weight excluding hydrogens is 233 g/mol. The molecule has 0 unspecified atom stereocenters. The van der Waals surface area contributed by atoms with Crippen LogP contribution < -0.4 is 4.74 Å². The van der Waals surface area contributed by atoms with Crippen LogP contribution in [0, 0.1) is 0 Å². The smallest absolute Gasteiger partial charge is 0.455 e. The van der Waals surface area contributed by atoms with Gasteiger partial charge in [0.1, 0.15) is 5.75 Å². The Morgan fingerprint density at radius 2 is 2.00 bits per heavy atom. The minimum Gasteiger partial charge on any atom is -0.496 e. The van der Waals surface area contributed by atoms with E-state index >= 15 is 0 Å². The maximum atomic E-state index is 12.1. The second-order valence-electron chi connectivity index (χ2n) is 2.67. The van der Waals surface area contributed by atoms with Crippen LogP contribution in [0.3, 0.4) is 0 Å². The zero-order valence-electron chi connectivity index (χ0n) is 7.56. The van der Waals surface area contributed by atoms with Gasteiger partial charge in [-0.3, -0.25) is 4.79 Å². The van der Waals surface area contributed by atoms with Crippen molar-refractivity contribution < 1.29 is 22.7 Å². The van der Waals surface area contributed by atoms with E-state index in [1.165, 1.54) is 13.2 Å². The van der Waals surface area contributed by atoms with E-state index in [0.717, 1.165) is 12.1 Å². The van der Waals surface area contributed by atoms with E-state index < -0.39 is 17.5 Å². The van der Waals surface area contributed by atoms with E-state index in [1.54, 1.807) is 0 Å². The first-order chi connectivity index (χ1) is 6.86. The highest BCUT2D eigenvalue weighted by Crippen LogP contribution is 2.29. The van der Waals surface area contributed by atoms with Crippen molar-refractivity contribution in [2.24, 2.45) is 0 Å². The van der Waals surface area contributed by atoms with Crippen molar-refractivity contribution in [3.05, 3.63) is 28.8 Å². The molecule has 0 aliphatic heterocycles. The first kappa shape index (κ1) is 11.8. The lowest BCUT2D eigenvalue weighted by Gasteiger charge is -2.09. The molecule has 6 heteroatoms. The van der Waals surface area contributed by atoms with Gasteiger partial charge in [-0.15, -0.1) is 0 Å². The minimum absolute atomic E-state index is 0.190. The highest BCUT2D eigenvalue weighted by atomic mass is 35.5. The average Bonchev–Trinajstić information content (AvgIpc) is 2.15. The Hall–Kier alpha value is -1.23. The molecule has 1 aromatic carbocycles. The second kappa shape index (κ2) is 4.10. The minimum atomic E-state index is -4.92. The predicted octanol–water partition coefficient (Wildman–Crippen LogP) is 3.09. The Morgan fingerprint density at radius 3 is 2.47 bits per heavy atom. The van der Waals surface area contributed by atoms with Crippen LogP contribution in [0.25, 0.3) is 0 Å². The Morgan fingerprint density at radius 1 is 1.40 bits per heavy atom. The van der Waals surface area contributed by atoms with Crippen LogP contribution in [-0.2, 0) is 0 Å². The molecule has 0 spiro atoms. The third-order valence-electron chi connectivity index (χ3n) is 1.67. The van der Waals surface area contributed by atoms with E-state index in [9.17, 15) is 18.0 Å². The van der Waals surface area contributed by atoms with Gasteiger partial charge in [-0.1, -0.05) is 11.6 Å². The van der Waals surface area contributed by atoms with Gasteiger partial charge in [-0.25, -0.2) is 0 Å². The van der Waals surface area contributed by atoms with Gasteiger partial charge in [0.05, 0.1) is 12.7 Å². The Bertz CT molecular complexity index is 387. The van der Waals surface area contributed by atoms with E-state index in [4.69, 9.17) is 11.6 Å². The fourth-order valence-electron chi connectivity index (χ4n) is 1.01. The SMILES string of the molecule is COc1cc(Cl)ccc1C(=O)C(F)(F)F. The molecule has 0 radical (unpaired) electrons. The molecular formula is C9H6ClF3O2. The number of carbonyl (C=O) groups is 1. The summed E-state index contributed by atoms with van der Waals surface area (Å²) in [5.41, 5.74) is -0.547. The molecule has 15 heavy (non-hydrogen) atoms. The molecule has 0 N–H and O–H groups in total. The van der Waals surface area contributed by atoms with Crippen molar-refractivity contribution >= 4 is 17.4 Å². The van der Waals surface area contributed by atoms with Crippen molar-refractivity contribution in [3.8, 4) is 5.75 Å². The Labute approximate surface area is 88.6 Å². The number of halogens is 4. The number of rotatable bonds is 2. The summed E-state index contributed by atoms with van der Waals surface area (Å²) in [4.78, 5) is 10.9. The van der Waals surface area contributed by atoms with Crippen LogP contribution in [-0.4, -0.2) is 19.1 Å². The van der Waals surface area contributed by atoms with Gasteiger partial charge in [-0.2, -0.15) is 13.2 Å². The molecule has 0 heterocycles. The van der Waals surface area contributed by atoms with E-state index in [-0.39, 0.29) is 10.8 Å². The van der Waals surface area contributed by atoms with Gasteiger partial charge in [0.15, 0.2) is 0 Å². The number of alkyl halides is 3. The lowest BCUT2D eigenvalue weighted by Crippen LogP contribution is -2.23. The number of ketones is 1. The summed E-state index contributed by atoms with van der Waals surface area (Å²) in [5, 5.41) is 0.200. The summed E-state index contributed by atoms with van der Waals surface area (Å²) >= 11 is 5.54. The normalized spacial score (nSPS) is 11.3. The molecule has 1 rings (SSSR count). The quantitative estimate of drug-likeness (QED) is 0.740. The number of benzene rings is 1. The van der Waals surface area contributed by atoms with Crippen LogP contribution in [0.4, 0.5) is 13.2 Å². The number of ether oxygens (including phenoxy) is 1. The molecule has 0 fully saturated rings. The van der Waals surface area contributed by atoms with Gasteiger partial charge in [0, 0.05) is 5.02 Å². The van der Waals surface area contributed by atoms with E-state index in [1.807, 2.05) is 0 Å². The fraction of sp³-hybridized carbons (Fsp3) is 0.222. The number of Topliss-reactive ketones (excluding diaryl/α,β-unsaturated/α-hetero) is 1. The van der Waals surface area contributed by atoms with Crippen LogP contribution in [0.15, 0.2) is 18.2 Å². The average molecular weight is 239 g/mol. The number of methoxy groups -OCH3 is 1. The van der Waals surface area contributed by atoms with Crippen molar-refractivity contribution in [1.29, 1.82) is 0 Å². The van der Waals surface area contributed by atoms with Crippen LogP contribution in [0.5, 0.6) is 5.75 Å². The number of carbonyl (C=O) groups excluding carboxylic acids is 1. The number of hydrogen-bond donors (Lipinski definition) is 0. The third-order valence-corrected chi connectivity index (χ3v) is 1.90. The highest BCUT2D eigenvalue weighted by molar-refractivity contribution is 6.30. The Kier molecular flexibility index (Phi) is 3.24. The molecule has 0 saturated heterocycles. The molecule has 0 aromatic heterocycles. The van der Waals surface area contributed by atoms with Crippen molar-refractivity contribution in [3.63, 3.8) is 0 Å². The molecule has 82 valence electrons. The standard InChI is InChI=1S/C9H6ClF3O2/c1-15-7-4-5(10)2-3-6(7)8(14)9(11,12)13/h2-4H,1H3. The van der Waals surface area contributed by atoms with Gasteiger partial charge >= 0.3 is 6.18 Å². The van der Waals surface area contributed by atoms with Crippen molar-refractivity contribution in [2.45, 2.75) is 6.18 Å². The first-order valence-corrected chi connectivity index (χ1v) is 4.19. The molecule has 0 amide bonds. The van der Waals surface area contributed by atoms with Crippen LogP contribution in [0.1, 0.15) is 10.4 Å². The largest absolute Gasteiger partial charge is 0.496 e. The predicted molar refractivity (Wildman–Crippen MR) is 48.4 cm³/mol. The van der Waals surface area contributed by atoms with Gasteiger partial charge in [-0.05, 0) is 18.2 Å². The molecule has 0 saturated carbocycles. The Balaban J connectivity index is 3.20. The second-order valence-corrected chi connectivity index (χ2v) is 3.11. The van der Waals surface area contributed by atoms with E-state index in [0.29, 0.717) is 0 Å². The summed E-state index contributed by atoms with van der Waals surface area (Å²) < 4.78 is 41.0. The molecule has 0 atom stereocenters. The molecule has 2 nitrogen and oxygen atoms in total. The fourth-order valence-corrected chi connectivity index (χ4v) is 1.17. The first-order valence-electron chi connectivity index (χ1n) is 3.81. The van der Waals surface area contributed by atoms with Gasteiger partial charge < -0.3 is 4.74 Å². The lowest BCUT2D eigenvalue weighted by atomic mass is 10.1. The highest BCUT2D eigenvalue weighted by Gasteiger charge is 2.40. The molecule has 0 bridgehead atoms. The lowest BCUT2D eigenvalue weighted by molar-refractivity contribution is -0.0886. The summed E-state index contributed by atoms with van der Waals surface area (Å²) in [6, 6.07) is 3.33. The summed E-state index contributed by atoms with van der Waals surface area (Å²) in [7, 11) is 1.17. The summed E-state index contributed by atoms with van der Waals surface area (Å²) in [5.74, 6) is -2.14. The van der Waals surface area contributed by atoms with E-state index in [2.05, 4.69) is 4.74 Å². The van der Waals surface area contributed by atoms with Crippen molar-refractivity contribution in [1.82, 2.24) is 0 Å². The summed E-state index contributed by atoms with van der Waals surface area (Å²) in [6.07, 6.45) is -4.92.